The van der Waals surface area contributed by atoms with Gasteiger partial charge in [-0.05, 0) is 23.8 Å². The fourth-order valence-electron chi connectivity index (χ4n) is 2.05. The van der Waals surface area contributed by atoms with Crippen molar-refractivity contribution < 1.29 is 9.13 Å². The van der Waals surface area contributed by atoms with Crippen molar-refractivity contribution in [2.24, 2.45) is 0 Å². The van der Waals surface area contributed by atoms with Crippen LogP contribution < -0.4 is 4.74 Å². The van der Waals surface area contributed by atoms with Crippen molar-refractivity contribution in [3.63, 3.8) is 0 Å². The summed E-state index contributed by atoms with van der Waals surface area (Å²) in [6.07, 6.45) is 1.48. The number of hydrogen-bond donors (Lipinski definition) is 0. The first-order valence-corrected chi connectivity index (χ1v) is 6.53. The van der Waals surface area contributed by atoms with Gasteiger partial charge in [0.05, 0.1) is 5.39 Å². The van der Waals surface area contributed by atoms with Gasteiger partial charge in [-0.15, -0.1) is 0 Å². The fourth-order valence-corrected chi connectivity index (χ4v) is 2.30. The smallest absolute Gasteiger partial charge is 0.140 e. The lowest BCUT2D eigenvalue weighted by Crippen LogP contribution is -1.97. The summed E-state index contributed by atoms with van der Waals surface area (Å²) < 4.78 is 19.5. The second-order valence-corrected chi connectivity index (χ2v) is 4.70. The number of aromatic nitrogens is 1. The summed E-state index contributed by atoms with van der Waals surface area (Å²) in [5.41, 5.74) is 1.03. The molecule has 4 heteroatoms. The van der Waals surface area contributed by atoms with Crippen molar-refractivity contribution >= 4 is 22.4 Å². The van der Waals surface area contributed by atoms with Gasteiger partial charge in [-0.1, -0.05) is 41.9 Å². The highest BCUT2D eigenvalue weighted by atomic mass is 35.5. The second-order valence-electron chi connectivity index (χ2n) is 4.34. The van der Waals surface area contributed by atoms with Crippen molar-refractivity contribution in [2.75, 3.05) is 0 Å². The summed E-state index contributed by atoms with van der Waals surface area (Å²) in [5, 5.41) is 1.16. The van der Waals surface area contributed by atoms with Crippen LogP contribution in [0, 0.1) is 5.82 Å². The van der Waals surface area contributed by atoms with Crippen LogP contribution in [-0.4, -0.2) is 4.98 Å². The number of halogens is 2. The van der Waals surface area contributed by atoms with Gasteiger partial charge in [-0.2, -0.15) is 0 Å². The highest BCUT2D eigenvalue weighted by molar-refractivity contribution is 6.34. The van der Waals surface area contributed by atoms with Crippen molar-refractivity contribution in [1.82, 2.24) is 4.98 Å². The van der Waals surface area contributed by atoms with Gasteiger partial charge in [0.25, 0.3) is 0 Å². The Morgan fingerprint density at radius 3 is 2.65 bits per heavy atom. The second kappa shape index (κ2) is 5.47. The first-order chi connectivity index (χ1) is 9.75. The zero-order valence-corrected chi connectivity index (χ0v) is 11.3. The van der Waals surface area contributed by atoms with Gasteiger partial charge < -0.3 is 4.74 Å². The predicted octanol–water partition coefficient (Wildman–Crippen LogP) is 4.61. The molecule has 0 spiro atoms. The van der Waals surface area contributed by atoms with E-state index < -0.39 is 0 Å². The minimum atomic E-state index is -0.337. The number of hydrogen-bond acceptors (Lipinski definition) is 2. The third-order valence-electron chi connectivity index (χ3n) is 3.03. The molecule has 3 rings (SSSR count). The Labute approximate surface area is 120 Å². The SMILES string of the molecule is Fc1ccc(OCc2ccccc2)c2c(Cl)nccc12. The third-order valence-corrected chi connectivity index (χ3v) is 3.31. The molecule has 20 heavy (non-hydrogen) atoms. The molecule has 1 aromatic heterocycles. The summed E-state index contributed by atoms with van der Waals surface area (Å²) in [7, 11) is 0. The van der Waals surface area contributed by atoms with Crippen LogP contribution in [0.1, 0.15) is 5.56 Å². The van der Waals surface area contributed by atoms with Crippen LogP contribution in [0.5, 0.6) is 5.75 Å². The molecule has 0 bridgehead atoms. The fraction of sp³-hybridized carbons (Fsp3) is 0.0625. The van der Waals surface area contributed by atoms with Crippen molar-refractivity contribution in [1.29, 1.82) is 0 Å². The van der Waals surface area contributed by atoms with Crippen LogP contribution in [0.25, 0.3) is 10.8 Å². The van der Waals surface area contributed by atoms with E-state index in [1.54, 1.807) is 12.1 Å². The lowest BCUT2D eigenvalue weighted by Gasteiger charge is -2.10. The van der Waals surface area contributed by atoms with E-state index in [2.05, 4.69) is 4.98 Å². The van der Waals surface area contributed by atoms with Crippen molar-refractivity contribution in [3.05, 3.63) is 71.3 Å². The molecule has 0 aliphatic carbocycles. The molecule has 0 aliphatic rings. The Hall–Kier alpha value is -2.13. The van der Waals surface area contributed by atoms with E-state index >= 15 is 0 Å². The van der Waals surface area contributed by atoms with Gasteiger partial charge in [-0.25, -0.2) is 9.37 Å². The average molecular weight is 288 g/mol. The molecular formula is C16H11ClFNO. The summed E-state index contributed by atoms with van der Waals surface area (Å²) in [6.45, 7) is 0.396. The van der Waals surface area contributed by atoms with Crippen LogP contribution in [0.15, 0.2) is 54.7 Å². The maximum absolute atomic E-state index is 13.8. The molecule has 0 radical (unpaired) electrons. The van der Waals surface area contributed by atoms with Crippen LogP contribution >= 0.6 is 11.6 Å². The summed E-state index contributed by atoms with van der Waals surface area (Å²) in [6, 6.07) is 14.3. The van der Waals surface area contributed by atoms with Crippen LogP contribution in [0.4, 0.5) is 4.39 Å². The van der Waals surface area contributed by atoms with Gasteiger partial charge in [0.1, 0.15) is 23.3 Å². The molecule has 0 aliphatic heterocycles. The minimum absolute atomic E-state index is 0.241. The van der Waals surface area contributed by atoms with Gasteiger partial charge in [0.2, 0.25) is 0 Å². The zero-order chi connectivity index (χ0) is 13.9. The molecule has 0 N–H and O–H groups in total. The molecule has 2 aromatic carbocycles. The topological polar surface area (TPSA) is 22.1 Å². The van der Waals surface area contributed by atoms with Crippen LogP contribution in [0.3, 0.4) is 0 Å². The van der Waals surface area contributed by atoms with Gasteiger partial charge >= 0.3 is 0 Å². The lowest BCUT2D eigenvalue weighted by atomic mass is 10.1. The van der Waals surface area contributed by atoms with E-state index in [4.69, 9.17) is 16.3 Å². The van der Waals surface area contributed by atoms with Crippen LogP contribution in [0.2, 0.25) is 5.15 Å². The molecule has 0 unspecified atom stereocenters. The highest BCUT2D eigenvalue weighted by Crippen LogP contribution is 2.32. The molecule has 0 amide bonds. The van der Waals surface area contributed by atoms with Gasteiger partial charge in [0, 0.05) is 11.6 Å². The third kappa shape index (κ3) is 2.45. The maximum Gasteiger partial charge on any atom is 0.140 e. The molecule has 1 heterocycles. The molecule has 0 saturated heterocycles. The number of fused-ring (bicyclic) bond motifs is 1. The maximum atomic E-state index is 13.8. The van der Waals surface area contributed by atoms with E-state index in [0.717, 1.165) is 5.56 Å². The summed E-state index contributed by atoms with van der Waals surface area (Å²) in [4.78, 5) is 3.98. The molecule has 0 saturated carbocycles. The Bertz CT molecular complexity index is 746. The van der Waals surface area contributed by atoms with Gasteiger partial charge in [0.15, 0.2) is 0 Å². The number of ether oxygens (including phenoxy) is 1. The normalized spacial score (nSPS) is 10.7. The van der Waals surface area contributed by atoms with E-state index in [9.17, 15) is 4.39 Å². The number of pyridine rings is 1. The van der Waals surface area contributed by atoms with Gasteiger partial charge in [-0.3, -0.25) is 0 Å². The minimum Gasteiger partial charge on any atom is -0.488 e. The number of nitrogens with zero attached hydrogens (tertiary/aromatic N) is 1. The predicted molar refractivity (Wildman–Crippen MR) is 77.5 cm³/mol. The average Bonchev–Trinajstić information content (AvgIpc) is 2.48. The largest absolute Gasteiger partial charge is 0.488 e. The van der Waals surface area contributed by atoms with E-state index in [1.165, 1.54) is 12.3 Å². The van der Waals surface area contributed by atoms with E-state index in [0.29, 0.717) is 23.1 Å². The first kappa shape index (κ1) is 12.9. The Morgan fingerprint density at radius 2 is 1.85 bits per heavy atom. The number of benzene rings is 2. The lowest BCUT2D eigenvalue weighted by molar-refractivity contribution is 0.309. The first-order valence-electron chi connectivity index (χ1n) is 6.15. The quantitative estimate of drug-likeness (QED) is 0.657. The summed E-state index contributed by atoms with van der Waals surface area (Å²) >= 11 is 6.06. The molecule has 0 atom stereocenters. The standard InChI is InChI=1S/C16H11ClFNO/c17-16-15-12(8-9-19-16)13(18)6-7-14(15)20-10-11-4-2-1-3-5-11/h1-9H,10H2. The van der Waals surface area contributed by atoms with Crippen molar-refractivity contribution in [3.8, 4) is 5.75 Å². The molecule has 2 nitrogen and oxygen atoms in total. The number of rotatable bonds is 3. The Kier molecular flexibility index (Phi) is 3.52. The monoisotopic (exact) mass is 287 g/mol. The Morgan fingerprint density at radius 1 is 1.05 bits per heavy atom. The zero-order valence-electron chi connectivity index (χ0n) is 10.5. The molecular weight excluding hydrogens is 277 g/mol. The Balaban J connectivity index is 1.98. The molecule has 100 valence electrons. The van der Waals surface area contributed by atoms with E-state index in [-0.39, 0.29) is 11.0 Å². The highest BCUT2D eigenvalue weighted by Gasteiger charge is 2.11. The summed E-state index contributed by atoms with van der Waals surface area (Å²) in [5.74, 6) is 0.194. The van der Waals surface area contributed by atoms with Crippen LogP contribution in [-0.2, 0) is 6.61 Å². The molecule has 0 fully saturated rings. The van der Waals surface area contributed by atoms with E-state index in [1.807, 2.05) is 30.3 Å². The molecule has 3 aromatic rings. The van der Waals surface area contributed by atoms with Crippen molar-refractivity contribution in [2.45, 2.75) is 6.61 Å².